The number of methoxy groups -OCH3 is 2. The Labute approximate surface area is 181 Å². The van der Waals surface area contributed by atoms with Gasteiger partial charge in [-0.3, -0.25) is 14.5 Å². The first-order valence-electron chi connectivity index (χ1n) is 10.0. The fourth-order valence-electron chi connectivity index (χ4n) is 3.85. The molecule has 2 unspecified atom stereocenters. The van der Waals surface area contributed by atoms with Crippen LogP contribution in [-0.4, -0.2) is 26.0 Å². The van der Waals surface area contributed by atoms with Gasteiger partial charge in [0.25, 0.3) is 5.91 Å². The first-order valence-corrected chi connectivity index (χ1v) is 10.0. The summed E-state index contributed by atoms with van der Waals surface area (Å²) in [5, 5.41) is 2.90. The Kier molecular flexibility index (Phi) is 5.62. The van der Waals surface area contributed by atoms with Crippen molar-refractivity contribution in [1.82, 2.24) is 5.32 Å². The van der Waals surface area contributed by atoms with Crippen molar-refractivity contribution in [1.29, 1.82) is 0 Å². The third-order valence-electron chi connectivity index (χ3n) is 5.47. The Hall–Kier alpha value is -3.80. The first-order chi connectivity index (χ1) is 15.0. The number of anilines is 1. The maximum absolute atomic E-state index is 13.8. The smallest absolute Gasteiger partial charge is 0.255 e. The van der Waals surface area contributed by atoms with Crippen molar-refractivity contribution in [3.05, 3.63) is 89.5 Å². The zero-order valence-electron chi connectivity index (χ0n) is 17.7. The topological polar surface area (TPSA) is 67.9 Å². The summed E-state index contributed by atoms with van der Waals surface area (Å²) in [4.78, 5) is 28.7. The molecule has 3 aromatic carbocycles. The number of nitrogens with zero attached hydrogens (tertiary/aromatic N) is 1. The van der Waals surface area contributed by atoms with Gasteiger partial charge in [0.05, 0.1) is 14.2 Å². The summed E-state index contributed by atoms with van der Waals surface area (Å²) in [6.07, 6.45) is 0. The molecule has 1 aliphatic heterocycles. The Morgan fingerprint density at radius 2 is 1.52 bits per heavy atom. The van der Waals surface area contributed by atoms with E-state index in [2.05, 4.69) is 5.32 Å². The SMILES string of the molecule is COc1ccc(C2C(=O)NC(c3ccccc3OC)C(=O)N2c2ccc(C)cc2)cc1. The molecule has 1 heterocycles. The summed E-state index contributed by atoms with van der Waals surface area (Å²) in [6, 6.07) is 20.3. The van der Waals surface area contributed by atoms with Gasteiger partial charge in [-0.1, -0.05) is 48.0 Å². The quantitative estimate of drug-likeness (QED) is 0.684. The normalized spacial score (nSPS) is 18.5. The van der Waals surface area contributed by atoms with E-state index in [1.54, 1.807) is 55.5 Å². The average Bonchev–Trinajstić information content (AvgIpc) is 2.81. The van der Waals surface area contributed by atoms with Crippen molar-refractivity contribution in [3.8, 4) is 11.5 Å². The second-order valence-corrected chi connectivity index (χ2v) is 7.40. The molecule has 3 aromatic rings. The van der Waals surface area contributed by atoms with Gasteiger partial charge in [0.15, 0.2) is 0 Å². The predicted molar refractivity (Wildman–Crippen MR) is 118 cm³/mol. The standard InChI is InChI=1S/C25H24N2O4/c1-16-8-12-18(13-9-16)27-23(17-10-14-19(30-2)15-11-17)24(28)26-22(25(27)29)20-6-4-5-7-21(20)31-3/h4-15,22-23H,1-3H3,(H,26,28). The van der Waals surface area contributed by atoms with Crippen molar-refractivity contribution in [2.24, 2.45) is 0 Å². The molecule has 0 aromatic heterocycles. The summed E-state index contributed by atoms with van der Waals surface area (Å²) in [7, 11) is 3.13. The Bertz CT molecular complexity index is 1090. The number of rotatable bonds is 5. The molecule has 0 radical (unpaired) electrons. The molecule has 2 amide bonds. The van der Waals surface area contributed by atoms with Crippen molar-refractivity contribution < 1.29 is 19.1 Å². The minimum absolute atomic E-state index is 0.228. The van der Waals surface area contributed by atoms with Gasteiger partial charge in [-0.2, -0.15) is 0 Å². The number of hydrogen-bond acceptors (Lipinski definition) is 4. The number of amides is 2. The van der Waals surface area contributed by atoms with Crippen molar-refractivity contribution in [2.75, 3.05) is 19.1 Å². The highest BCUT2D eigenvalue weighted by Gasteiger charge is 2.43. The first kappa shape index (κ1) is 20.5. The van der Waals surface area contributed by atoms with Crippen LogP contribution in [0.3, 0.4) is 0 Å². The monoisotopic (exact) mass is 416 g/mol. The van der Waals surface area contributed by atoms with Gasteiger partial charge in [0.2, 0.25) is 5.91 Å². The number of carbonyl (C=O) groups excluding carboxylic acids is 2. The van der Waals surface area contributed by atoms with E-state index >= 15 is 0 Å². The van der Waals surface area contributed by atoms with Crippen LogP contribution in [0, 0.1) is 6.92 Å². The van der Waals surface area contributed by atoms with Crippen LogP contribution >= 0.6 is 0 Å². The van der Waals surface area contributed by atoms with E-state index in [-0.39, 0.29) is 11.8 Å². The summed E-state index contributed by atoms with van der Waals surface area (Å²) in [5.74, 6) is 0.739. The van der Waals surface area contributed by atoms with Crippen LogP contribution in [-0.2, 0) is 9.59 Å². The van der Waals surface area contributed by atoms with Crippen LogP contribution in [0.15, 0.2) is 72.8 Å². The van der Waals surface area contributed by atoms with E-state index in [0.717, 1.165) is 5.56 Å². The molecule has 6 heteroatoms. The molecular weight excluding hydrogens is 392 g/mol. The molecule has 0 aliphatic carbocycles. The highest BCUT2D eigenvalue weighted by molar-refractivity contribution is 6.09. The molecule has 4 rings (SSSR count). The van der Waals surface area contributed by atoms with Crippen LogP contribution in [0.25, 0.3) is 0 Å². The Balaban J connectivity index is 1.81. The van der Waals surface area contributed by atoms with Gasteiger partial charge in [-0.25, -0.2) is 0 Å². The number of piperazine rings is 1. The summed E-state index contributed by atoms with van der Waals surface area (Å²) >= 11 is 0. The zero-order chi connectivity index (χ0) is 22.0. The third-order valence-corrected chi connectivity index (χ3v) is 5.47. The molecule has 1 N–H and O–H groups in total. The maximum atomic E-state index is 13.8. The third kappa shape index (κ3) is 3.84. The molecule has 1 fully saturated rings. The van der Waals surface area contributed by atoms with E-state index in [0.29, 0.717) is 28.3 Å². The predicted octanol–water partition coefficient (Wildman–Crippen LogP) is 3.96. The molecular formula is C25H24N2O4. The lowest BCUT2D eigenvalue weighted by molar-refractivity contribution is -0.134. The minimum atomic E-state index is -0.848. The Morgan fingerprint density at radius 1 is 0.839 bits per heavy atom. The van der Waals surface area contributed by atoms with Crippen LogP contribution in [0.5, 0.6) is 11.5 Å². The largest absolute Gasteiger partial charge is 0.497 e. The molecule has 1 saturated heterocycles. The fourth-order valence-corrected chi connectivity index (χ4v) is 3.85. The molecule has 31 heavy (non-hydrogen) atoms. The Morgan fingerprint density at radius 3 is 2.16 bits per heavy atom. The number of hydrogen-bond donors (Lipinski definition) is 1. The summed E-state index contributed by atoms with van der Waals surface area (Å²) < 4.78 is 10.7. The number of aryl methyl sites for hydroxylation is 1. The second-order valence-electron chi connectivity index (χ2n) is 7.40. The highest BCUT2D eigenvalue weighted by atomic mass is 16.5. The van der Waals surface area contributed by atoms with E-state index in [1.807, 2.05) is 43.3 Å². The van der Waals surface area contributed by atoms with Gasteiger partial charge in [0, 0.05) is 11.3 Å². The van der Waals surface area contributed by atoms with E-state index in [1.165, 1.54) is 0 Å². The maximum Gasteiger partial charge on any atom is 0.255 e. The molecule has 0 spiro atoms. The summed E-state index contributed by atoms with van der Waals surface area (Å²) in [5.41, 5.74) is 3.05. The highest BCUT2D eigenvalue weighted by Crippen LogP contribution is 2.37. The number of benzene rings is 3. The van der Waals surface area contributed by atoms with Crippen molar-refractivity contribution in [2.45, 2.75) is 19.0 Å². The second kappa shape index (κ2) is 8.52. The lowest BCUT2D eigenvalue weighted by atomic mass is 9.94. The zero-order valence-corrected chi connectivity index (χ0v) is 17.7. The molecule has 2 atom stereocenters. The lowest BCUT2D eigenvalue weighted by Crippen LogP contribution is -2.55. The molecule has 1 aliphatic rings. The average molecular weight is 416 g/mol. The van der Waals surface area contributed by atoms with Crippen LogP contribution < -0.4 is 19.7 Å². The molecule has 6 nitrogen and oxygen atoms in total. The van der Waals surface area contributed by atoms with Gasteiger partial charge < -0.3 is 14.8 Å². The molecule has 0 bridgehead atoms. The number of para-hydroxylation sites is 1. The summed E-state index contributed by atoms with van der Waals surface area (Å²) in [6.45, 7) is 1.98. The number of carbonyl (C=O) groups is 2. The number of nitrogens with one attached hydrogen (secondary N) is 1. The van der Waals surface area contributed by atoms with Crippen molar-refractivity contribution >= 4 is 17.5 Å². The van der Waals surface area contributed by atoms with Gasteiger partial charge in [-0.15, -0.1) is 0 Å². The minimum Gasteiger partial charge on any atom is -0.497 e. The van der Waals surface area contributed by atoms with E-state index < -0.39 is 12.1 Å². The van der Waals surface area contributed by atoms with Crippen molar-refractivity contribution in [3.63, 3.8) is 0 Å². The van der Waals surface area contributed by atoms with Crippen LogP contribution in [0.4, 0.5) is 5.69 Å². The molecule has 0 saturated carbocycles. The van der Waals surface area contributed by atoms with Gasteiger partial charge >= 0.3 is 0 Å². The van der Waals surface area contributed by atoms with Gasteiger partial charge in [-0.05, 0) is 42.8 Å². The number of ether oxygens (including phenoxy) is 2. The molecule has 158 valence electrons. The van der Waals surface area contributed by atoms with Crippen LogP contribution in [0.2, 0.25) is 0 Å². The van der Waals surface area contributed by atoms with Gasteiger partial charge in [0.1, 0.15) is 23.6 Å². The van der Waals surface area contributed by atoms with Crippen LogP contribution in [0.1, 0.15) is 28.8 Å². The fraction of sp³-hybridized carbons (Fsp3) is 0.200. The lowest BCUT2D eigenvalue weighted by Gasteiger charge is -2.39. The van der Waals surface area contributed by atoms with E-state index in [9.17, 15) is 9.59 Å². The van der Waals surface area contributed by atoms with E-state index in [4.69, 9.17) is 9.47 Å².